The Morgan fingerprint density at radius 2 is 1.80 bits per heavy atom. The molecular weight excluding hydrogens is 181 g/mol. The van der Waals surface area contributed by atoms with E-state index in [2.05, 4.69) is 0 Å². The van der Waals surface area contributed by atoms with Gasteiger partial charge in [-0.2, -0.15) is 0 Å². The van der Waals surface area contributed by atoms with Gasteiger partial charge in [-0.25, -0.2) is 8.78 Å². The van der Waals surface area contributed by atoms with Gasteiger partial charge in [0.1, 0.15) is 11.6 Å². The Morgan fingerprint density at radius 1 is 1.20 bits per heavy atom. The molecule has 0 fully saturated rings. The van der Waals surface area contributed by atoms with Crippen LogP contribution in [0.1, 0.15) is 0 Å². The Morgan fingerprint density at radius 3 is 2.20 bits per heavy atom. The number of hydrogen-bond donors (Lipinski definition) is 0. The summed E-state index contributed by atoms with van der Waals surface area (Å²) in [6.07, 6.45) is 0. The fourth-order valence-electron chi connectivity index (χ4n) is 0.470. The SMILES string of the molecule is Cl.Fc1ccc(Cl)c(F)c1. The molecule has 4 heteroatoms. The lowest BCUT2D eigenvalue weighted by atomic mass is 10.3. The molecule has 0 aromatic heterocycles. The summed E-state index contributed by atoms with van der Waals surface area (Å²) in [7, 11) is 0. The van der Waals surface area contributed by atoms with Crippen LogP contribution in [0.15, 0.2) is 18.2 Å². The van der Waals surface area contributed by atoms with Crippen LogP contribution >= 0.6 is 24.0 Å². The van der Waals surface area contributed by atoms with Crippen LogP contribution in [0.25, 0.3) is 0 Å². The standard InChI is InChI=1S/C6H3ClF2.ClH/c7-5-2-1-4(8)3-6(5)9;/h1-3H;1H. The molecule has 0 amide bonds. The van der Waals surface area contributed by atoms with Crippen LogP contribution in [0.5, 0.6) is 0 Å². The van der Waals surface area contributed by atoms with Crippen molar-refractivity contribution in [3.63, 3.8) is 0 Å². The number of rotatable bonds is 0. The first kappa shape index (κ1) is 9.66. The minimum absolute atomic E-state index is 0. The van der Waals surface area contributed by atoms with Crippen LogP contribution in [0.4, 0.5) is 8.78 Å². The zero-order valence-corrected chi connectivity index (χ0v) is 6.35. The predicted octanol–water partition coefficient (Wildman–Crippen LogP) is 3.04. The molecule has 0 aliphatic carbocycles. The fraction of sp³-hybridized carbons (Fsp3) is 0. The summed E-state index contributed by atoms with van der Waals surface area (Å²) in [5.74, 6) is -1.34. The van der Waals surface area contributed by atoms with E-state index >= 15 is 0 Å². The molecule has 0 saturated heterocycles. The summed E-state index contributed by atoms with van der Waals surface area (Å²) in [5.41, 5.74) is 0. The minimum atomic E-state index is -0.725. The average molecular weight is 185 g/mol. The second kappa shape index (κ2) is 3.74. The Labute approximate surface area is 68.2 Å². The van der Waals surface area contributed by atoms with E-state index in [0.29, 0.717) is 0 Å². The topological polar surface area (TPSA) is 0 Å². The lowest BCUT2D eigenvalue weighted by Crippen LogP contribution is -1.77. The molecule has 0 unspecified atom stereocenters. The molecule has 0 aliphatic rings. The normalized spacial score (nSPS) is 8.70. The zero-order chi connectivity index (χ0) is 6.85. The molecule has 1 aromatic carbocycles. The third-order valence-corrected chi connectivity index (χ3v) is 1.19. The second-order valence-corrected chi connectivity index (χ2v) is 1.97. The number of hydrogen-bond acceptors (Lipinski definition) is 0. The predicted molar refractivity (Wildman–Crippen MR) is 38.6 cm³/mol. The summed E-state index contributed by atoms with van der Waals surface area (Å²) in [5, 5.41) is -0.0589. The van der Waals surface area contributed by atoms with Crippen LogP contribution in [0.3, 0.4) is 0 Å². The molecule has 1 aromatic rings. The molecule has 0 aliphatic heterocycles. The van der Waals surface area contributed by atoms with Gasteiger partial charge in [0, 0.05) is 6.07 Å². The molecular formula is C6H4Cl2F2. The van der Waals surface area contributed by atoms with Crippen LogP contribution in [0.2, 0.25) is 5.02 Å². The van der Waals surface area contributed by atoms with Gasteiger partial charge < -0.3 is 0 Å². The second-order valence-electron chi connectivity index (χ2n) is 1.56. The molecule has 0 atom stereocenters. The highest BCUT2D eigenvalue weighted by molar-refractivity contribution is 6.30. The van der Waals surface area contributed by atoms with Crippen molar-refractivity contribution in [2.45, 2.75) is 0 Å². The Hall–Kier alpha value is -0.340. The molecule has 0 N–H and O–H groups in total. The Bertz CT molecular complexity index is 225. The van der Waals surface area contributed by atoms with E-state index in [1.54, 1.807) is 0 Å². The van der Waals surface area contributed by atoms with Gasteiger partial charge in [-0.05, 0) is 12.1 Å². The summed E-state index contributed by atoms with van der Waals surface area (Å²) < 4.78 is 24.3. The fourth-order valence-corrected chi connectivity index (χ4v) is 0.588. The molecule has 0 bridgehead atoms. The van der Waals surface area contributed by atoms with Crippen molar-refractivity contribution >= 4 is 24.0 Å². The smallest absolute Gasteiger partial charge is 0.144 e. The van der Waals surface area contributed by atoms with Crippen LogP contribution < -0.4 is 0 Å². The van der Waals surface area contributed by atoms with Crippen molar-refractivity contribution in [3.8, 4) is 0 Å². The third kappa shape index (κ3) is 2.12. The first-order valence-corrected chi connectivity index (χ1v) is 2.68. The monoisotopic (exact) mass is 184 g/mol. The minimum Gasteiger partial charge on any atom is -0.207 e. The van der Waals surface area contributed by atoms with Crippen LogP contribution in [-0.2, 0) is 0 Å². The van der Waals surface area contributed by atoms with Crippen molar-refractivity contribution < 1.29 is 8.78 Å². The van der Waals surface area contributed by atoms with E-state index in [9.17, 15) is 8.78 Å². The molecule has 0 radical (unpaired) electrons. The van der Waals surface area contributed by atoms with Gasteiger partial charge in [-0.1, -0.05) is 11.6 Å². The average Bonchev–Trinajstić information content (AvgIpc) is 1.80. The van der Waals surface area contributed by atoms with E-state index in [-0.39, 0.29) is 17.4 Å². The van der Waals surface area contributed by atoms with Crippen LogP contribution in [-0.4, -0.2) is 0 Å². The van der Waals surface area contributed by atoms with Crippen molar-refractivity contribution in [3.05, 3.63) is 34.9 Å². The zero-order valence-electron chi connectivity index (χ0n) is 4.77. The highest BCUT2D eigenvalue weighted by Crippen LogP contribution is 2.13. The molecule has 0 nitrogen and oxygen atoms in total. The van der Waals surface area contributed by atoms with E-state index in [4.69, 9.17) is 11.6 Å². The molecule has 10 heavy (non-hydrogen) atoms. The molecule has 0 heterocycles. The van der Waals surface area contributed by atoms with Gasteiger partial charge in [0.25, 0.3) is 0 Å². The van der Waals surface area contributed by atoms with Gasteiger partial charge in [-0.3, -0.25) is 0 Å². The maximum Gasteiger partial charge on any atom is 0.144 e. The van der Waals surface area contributed by atoms with Gasteiger partial charge in [0.15, 0.2) is 0 Å². The van der Waals surface area contributed by atoms with Gasteiger partial charge in [0.05, 0.1) is 5.02 Å². The van der Waals surface area contributed by atoms with Crippen molar-refractivity contribution in [2.75, 3.05) is 0 Å². The number of benzene rings is 1. The highest BCUT2D eigenvalue weighted by atomic mass is 35.5. The summed E-state index contributed by atoms with van der Waals surface area (Å²) >= 11 is 5.24. The maximum atomic E-state index is 12.2. The van der Waals surface area contributed by atoms with Crippen molar-refractivity contribution in [1.29, 1.82) is 0 Å². The van der Waals surface area contributed by atoms with Crippen molar-refractivity contribution in [2.24, 2.45) is 0 Å². The lowest BCUT2D eigenvalue weighted by Gasteiger charge is -1.90. The van der Waals surface area contributed by atoms with E-state index in [1.807, 2.05) is 0 Å². The quantitative estimate of drug-likeness (QED) is 0.545. The van der Waals surface area contributed by atoms with Gasteiger partial charge >= 0.3 is 0 Å². The summed E-state index contributed by atoms with van der Waals surface area (Å²) in [6.45, 7) is 0. The largest absolute Gasteiger partial charge is 0.207 e. The Balaban J connectivity index is 0.000000810. The van der Waals surface area contributed by atoms with E-state index < -0.39 is 11.6 Å². The first-order valence-electron chi connectivity index (χ1n) is 2.30. The molecule has 0 saturated carbocycles. The summed E-state index contributed by atoms with van der Waals surface area (Å²) in [6, 6.07) is 3.01. The van der Waals surface area contributed by atoms with Crippen molar-refractivity contribution in [1.82, 2.24) is 0 Å². The molecule has 56 valence electrons. The lowest BCUT2D eigenvalue weighted by molar-refractivity contribution is 0.583. The third-order valence-electron chi connectivity index (χ3n) is 0.882. The highest BCUT2D eigenvalue weighted by Gasteiger charge is 1.97. The first-order chi connectivity index (χ1) is 4.20. The molecule has 0 spiro atoms. The van der Waals surface area contributed by atoms with Gasteiger partial charge in [-0.15, -0.1) is 12.4 Å². The maximum absolute atomic E-state index is 12.2. The number of halogens is 4. The van der Waals surface area contributed by atoms with E-state index in [1.165, 1.54) is 6.07 Å². The van der Waals surface area contributed by atoms with Gasteiger partial charge in [0.2, 0.25) is 0 Å². The van der Waals surface area contributed by atoms with E-state index in [0.717, 1.165) is 12.1 Å². The van der Waals surface area contributed by atoms with Crippen LogP contribution in [0, 0.1) is 11.6 Å². The Kier molecular flexibility index (Phi) is 3.61. The summed E-state index contributed by atoms with van der Waals surface area (Å²) in [4.78, 5) is 0. The molecule has 1 rings (SSSR count).